The molecule has 10 rings (SSSR count). The lowest BCUT2D eigenvalue weighted by Crippen LogP contribution is -1.93. The number of halogens is 1. The number of nitrogens with zero attached hydrogens (tertiary/aromatic N) is 2. The topological polar surface area (TPSA) is 9.86 Å². The molecule has 0 amide bonds. The lowest BCUT2D eigenvalue weighted by atomic mass is 9.92. The Balaban J connectivity index is 1.19. The van der Waals surface area contributed by atoms with Crippen LogP contribution in [0, 0.1) is 0 Å². The second-order valence-electron chi connectivity index (χ2n) is 13.1. The van der Waals surface area contributed by atoms with Gasteiger partial charge in [0.05, 0.1) is 22.1 Å². The highest BCUT2D eigenvalue weighted by atomic mass is 79.9. The minimum atomic E-state index is 1.07. The SMILES string of the molecule is Brc1cccc(-c2cc(-c3ccc4c(c3)c3ccccc3n4-c3ccccc3)cc(-c3ccc4c(c3)c3ccccc3n4-c3ccccc3)c2)c1. The predicted molar refractivity (Wildman–Crippen MR) is 219 cm³/mol. The number of benzene rings is 8. The average molecular weight is 716 g/mol. The molecule has 51 heavy (non-hydrogen) atoms. The maximum atomic E-state index is 3.72. The van der Waals surface area contributed by atoms with Crippen molar-refractivity contribution in [2.75, 3.05) is 0 Å². The van der Waals surface area contributed by atoms with Crippen molar-refractivity contribution in [1.29, 1.82) is 0 Å². The van der Waals surface area contributed by atoms with Gasteiger partial charge in [-0.2, -0.15) is 0 Å². The molecule has 0 saturated heterocycles. The third-order valence-electron chi connectivity index (χ3n) is 10.1. The van der Waals surface area contributed by atoms with Gasteiger partial charge < -0.3 is 9.13 Å². The first kappa shape index (κ1) is 29.7. The fourth-order valence-corrected chi connectivity index (χ4v) is 8.21. The van der Waals surface area contributed by atoms with Gasteiger partial charge in [-0.05, 0) is 124 Å². The molecule has 0 fully saturated rings. The van der Waals surface area contributed by atoms with Crippen LogP contribution < -0.4 is 0 Å². The van der Waals surface area contributed by atoms with Crippen LogP contribution in [0.1, 0.15) is 0 Å². The van der Waals surface area contributed by atoms with Gasteiger partial charge in [-0.25, -0.2) is 0 Å². The Morgan fingerprint density at radius 3 is 1.16 bits per heavy atom. The van der Waals surface area contributed by atoms with E-state index >= 15 is 0 Å². The molecular weight excluding hydrogens is 684 g/mol. The van der Waals surface area contributed by atoms with Crippen LogP contribution in [0.15, 0.2) is 193 Å². The first-order chi connectivity index (χ1) is 25.2. The quantitative estimate of drug-likeness (QED) is 0.168. The van der Waals surface area contributed by atoms with Gasteiger partial charge in [0.1, 0.15) is 0 Å². The van der Waals surface area contributed by atoms with Crippen molar-refractivity contribution >= 4 is 59.5 Å². The second kappa shape index (κ2) is 12.0. The third kappa shape index (κ3) is 5.00. The van der Waals surface area contributed by atoms with Crippen LogP contribution in [0.3, 0.4) is 0 Å². The maximum Gasteiger partial charge on any atom is 0.0541 e. The van der Waals surface area contributed by atoms with Gasteiger partial charge in [-0.3, -0.25) is 0 Å². The minimum Gasteiger partial charge on any atom is -0.309 e. The molecule has 0 aliphatic heterocycles. The van der Waals surface area contributed by atoms with E-state index in [0.717, 1.165) is 4.47 Å². The van der Waals surface area contributed by atoms with Crippen molar-refractivity contribution < 1.29 is 0 Å². The zero-order valence-corrected chi connectivity index (χ0v) is 29.3. The maximum absolute atomic E-state index is 3.72. The van der Waals surface area contributed by atoms with Gasteiger partial charge >= 0.3 is 0 Å². The van der Waals surface area contributed by atoms with Crippen LogP contribution in [0.2, 0.25) is 0 Å². The summed E-state index contributed by atoms with van der Waals surface area (Å²) in [5, 5.41) is 5.00. The summed E-state index contributed by atoms with van der Waals surface area (Å²) in [5.41, 5.74) is 14.3. The van der Waals surface area contributed by atoms with E-state index in [1.54, 1.807) is 0 Å². The van der Waals surface area contributed by atoms with Crippen molar-refractivity contribution in [2.24, 2.45) is 0 Å². The Morgan fingerprint density at radius 1 is 0.275 bits per heavy atom. The highest BCUT2D eigenvalue weighted by Gasteiger charge is 2.16. The molecular formula is C48H31BrN2. The number of hydrogen-bond acceptors (Lipinski definition) is 0. The molecule has 0 radical (unpaired) electrons. The van der Waals surface area contributed by atoms with Crippen molar-refractivity contribution in [1.82, 2.24) is 9.13 Å². The largest absolute Gasteiger partial charge is 0.309 e. The van der Waals surface area contributed by atoms with Crippen LogP contribution in [0.25, 0.3) is 88.4 Å². The lowest BCUT2D eigenvalue weighted by Gasteiger charge is -2.13. The summed E-state index contributed by atoms with van der Waals surface area (Å²) >= 11 is 3.72. The Morgan fingerprint density at radius 2 is 0.686 bits per heavy atom. The fraction of sp³-hybridized carbons (Fsp3) is 0. The van der Waals surface area contributed by atoms with Crippen LogP contribution >= 0.6 is 15.9 Å². The lowest BCUT2D eigenvalue weighted by molar-refractivity contribution is 1.18. The Bertz CT molecular complexity index is 2740. The monoisotopic (exact) mass is 714 g/mol. The molecule has 0 unspecified atom stereocenters. The van der Waals surface area contributed by atoms with Crippen molar-refractivity contribution in [3.05, 3.63) is 193 Å². The van der Waals surface area contributed by atoms with Crippen LogP contribution in [-0.4, -0.2) is 9.13 Å². The standard InChI is InChI=1S/C48H31BrN2/c49-38-13-11-12-32(29-38)35-26-36(33-22-24-47-43(30-33)41-18-7-9-20-45(41)50(47)39-14-3-1-4-15-39)28-37(27-35)34-23-25-48-44(31-34)42-19-8-10-21-46(42)51(48)40-16-5-2-6-17-40/h1-31H. The highest BCUT2D eigenvalue weighted by molar-refractivity contribution is 9.10. The fourth-order valence-electron chi connectivity index (χ4n) is 7.81. The van der Waals surface area contributed by atoms with E-state index < -0.39 is 0 Å². The zero-order chi connectivity index (χ0) is 33.9. The van der Waals surface area contributed by atoms with Gasteiger partial charge in [0.2, 0.25) is 0 Å². The summed E-state index contributed by atoms with van der Waals surface area (Å²) in [6.07, 6.45) is 0. The van der Waals surface area contributed by atoms with Gasteiger partial charge in [-0.15, -0.1) is 0 Å². The van der Waals surface area contributed by atoms with Gasteiger partial charge in [0.25, 0.3) is 0 Å². The normalized spacial score (nSPS) is 11.6. The highest BCUT2D eigenvalue weighted by Crippen LogP contribution is 2.40. The summed E-state index contributed by atoms with van der Waals surface area (Å²) in [5.74, 6) is 0. The molecule has 8 aromatic carbocycles. The third-order valence-corrected chi connectivity index (χ3v) is 10.6. The number of para-hydroxylation sites is 4. The molecule has 2 nitrogen and oxygen atoms in total. The molecule has 0 atom stereocenters. The molecule has 0 N–H and O–H groups in total. The molecule has 0 saturated carbocycles. The predicted octanol–water partition coefficient (Wildman–Crippen LogP) is 13.6. The molecule has 0 bridgehead atoms. The zero-order valence-electron chi connectivity index (χ0n) is 27.7. The van der Waals surface area contributed by atoms with Crippen molar-refractivity contribution in [3.8, 4) is 44.8 Å². The Hall–Kier alpha value is -6.16. The minimum absolute atomic E-state index is 1.07. The van der Waals surface area contributed by atoms with Gasteiger partial charge in [-0.1, -0.05) is 113 Å². The van der Waals surface area contributed by atoms with E-state index in [1.165, 1.54) is 88.4 Å². The molecule has 240 valence electrons. The van der Waals surface area contributed by atoms with E-state index in [9.17, 15) is 0 Å². The Labute approximate surface area is 304 Å². The Kier molecular flexibility index (Phi) is 7.00. The first-order valence-corrected chi connectivity index (χ1v) is 18.1. The molecule has 10 aromatic rings. The first-order valence-electron chi connectivity index (χ1n) is 17.3. The second-order valence-corrected chi connectivity index (χ2v) is 14.1. The van der Waals surface area contributed by atoms with Gasteiger partial charge in [0, 0.05) is 37.4 Å². The summed E-state index contributed by atoms with van der Waals surface area (Å²) in [4.78, 5) is 0. The molecule has 0 aliphatic carbocycles. The summed E-state index contributed by atoms with van der Waals surface area (Å²) in [6, 6.07) is 68.3. The van der Waals surface area contributed by atoms with Crippen molar-refractivity contribution in [3.63, 3.8) is 0 Å². The molecule has 3 heteroatoms. The van der Waals surface area contributed by atoms with E-state index in [4.69, 9.17) is 0 Å². The average Bonchev–Trinajstić information content (AvgIpc) is 3.70. The summed E-state index contributed by atoms with van der Waals surface area (Å²) in [7, 11) is 0. The van der Waals surface area contributed by atoms with Gasteiger partial charge in [0.15, 0.2) is 0 Å². The van der Waals surface area contributed by atoms with Crippen LogP contribution in [-0.2, 0) is 0 Å². The number of rotatable bonds is 5. The smallest absolute Gasteiger partial charge is 0.0541 e. The number of aromatic nitrogens is 2. The number of fused-ring (bicyclic) bond motifs is 6. The molecule has 2 heterocycles. The van der Waals surface area contributed by atoms with E-state index in [-0.39, 0.29) is 0 Å². The molecule has 2 aromatic heterocycles. The number of hydrogen-bond donors (Lipinski definition) is 0. The van der Waals surface area contributed by atoms with E-state index in [0.29, 0.717) is 0 Å². The molecule has 0 spiro atoms. The van der Waals surface area contributed by atoms with Crippen LogP contribution in [0.4, 0.5) is 0 Å². The van der Waals surface area contributed by atoms with Crippen molar-refractivity contribution in [2.45, 2.75) is 0 Å². The summed E-state index contributed by atoms with van der Waals surface area (Å²) < 4.78 is 5.81. The van der Waals surface area contributed by atoms with E-state index in [1.807, 2.05) is 0 Å². The van der Waals surface area contributed by atoms with E-state index in [2.05, 4.69) is 213 Å². The summed E-state index contributed by atoms with van der Waals surface area (Å²) in [6.45, 7) is 0. The molecule has 0 aliphatic rings. The van der Waals surface area contributed by atoms with Crippen LogP contribution in [0.5, 0.6) is 0 Å².